The zero-order chi connectivity index (χ0) is 12.8. The van der Waals surface area contributed by atoms with E-state index in [-0.39, 0.29) is 5.75 Å². The Balaban J connectivity index is 2.71. The number of benzene rings is 1. The van der Waals surface area contributed by atoms with Crippen LogP contribution in [0.2, 0.25) is 0 Å². The number of aliphatic carboxylic acids is 1. The second kappa shape index (κ2) is 6.59. The summed E-state index contributed by atoms with van der Waals surface area (Å²) in [4.78, 5) is 10.9. The van der Waals surface area contributed by atoms with Gasteiger partial charge in [0.1, 0.15) is 11.6 Å². The summed E-state index contributed by atoms with van der Waals surface area (Å²) >= 11 is 3.02. The van der Waals surface area contributed by atoms with Gasteiger partial charge in [0.2, 0.25) is 0 Å². The van der Waals surface area contributed by atoms with Crippen molar-refractivity contribution in [2.24, 2.45) is 0 Å². The number of ether oxygens (including phenoxy) is 1. The molecule has 0 bridgehead atoms. The quantitative estimate of drug-likeness (QED) is 0.873. The molecule has 1 atom stereocenters. The van der Waals surface area contributed by atoms with Gasteiger partial charge in [-0.25, -0.2) is 9.18 Å². The van der Waals surface area contributed by atoms with Gasteiger partial charge in [0, 0.05) is 6.07 Å². The standard InChI is InChI=1S/C12H14BrFO3/c1-2-3-4-11(12(15)16)17-8-5-6-9(13)10(14)7-8/h5-7,11H,2-4H2,1H3,(H,15,16). The number of unbranched alkanes of at least 4 members (excludes halogenated alkanes) is 1. The Hall–Kier alpha value is -1.10. The van der Waals surface area contributed by atoms with Gasteiger partial charge in [-0.2, -0.15) is 0 Å². The summed E-state index contributed by atoms with van der Waals surface area (Å²) in [6, 6.07) is 4.20. The van der Waals surface area contributed by atoms with Gasteiger partial charge in [0.05, 0.1) is 4.47 Å². The van der Waals surface area contributed by atoms with Crippen molar-refractivity contribution in [1.29, 1.82) is 0 Å². The Kier molecular flexibility index (Phi) is 5.41. The Labute approximate surface area is 108 Å². The second-order valence-electron chi connectivity index (χ2n) is 3.66. The first-order chi connectivity index (χ1) is 8.04. The Morgan fingerprint density at radius 2 is 2.29 bits per heavy atom. The Morgan fingerprint density at radius 3 is 2.82 bits per heavy atom. The maximum Gasteiger partial charge on any atom is 0.344 e. The van der Waals surface area contributed by atoms with E-state index < -0.39 is 17.9 Å². The van der Waals surface area contributed by atoms with Crippen molar-refractivity contribution in [1.82, 2.24) is 0 Å². The average Bonchev–Trinajstić information content (AvgIpc) is 2.28. The largest absolute Gasteiger partial charge is 0.479 e. The number of carboxylic acids is 1. The fourth-order valence-corrected chi connectivity index (χ4v) is 1.58. The molecule has 1 aromatic carbocycles. The third kappa shape index (κ3) is 4.34. The van der Waals surface area contributed by atoms with Crippen LogP contribution in [0.15, 0.2) is 22.7 Å². The molecule has 1 N–H and O–H groups in total. The van der Waals surface area contributed by atoms with Crippen molar-refractivity contribution in [3.05, 3.63) is 28.5 Å². The van der Waals surface area contributed by atoms with Crippen LogP contribution >= 0.6 is 15.9 Å². The second-order valence-corrected chi connectivity index (χ2v) is 4.52. The van der Waals surface area contributed by atoms with Gasteiger partial charge in [0.25, 0.3) is 0 Å². The van der Waals surface area contributed by atoms with Crippen molar-refractivity contribution >= 4 is 21.9 Å². The van der Waals surface area contributed by atoms with Crippen LogP contribution in [-0.2, 0) is 4.79 Å². The lowest BCUT2D eigenvalue weighted by molar-refractivity contribution is -0.145. The van der Waals surface area contributed by atoms with Crippen molar-refractivity contribution in [3.8, 4) is 5.75 Å². The summed E-state index contributed by atoms with van der Waals surface area (Å²) in [6.45, 7) is 1.97. The van der Waals surface area contributed by atoms with E-state index in [1.807, 2.05) is 6.92 Å². The van der Waals surface area contributed by atoms with Crippen molar-refractivity contribution < 1.29 is 19.0 Å². The van der Waals surface area contributed by atoms with Gasteiger partial charge < -0.3 is 9.84 Å². The normalized spacial score (nSPS) is 12.2. The Bertz CT molecular complexity index is 395. The summed E-state index contributed by atoms with van der Waals surface area (Å²) in [5, 5.41) is 8.96. The van der Waals surface area contributed by atoms with Crippen molar-refractivity contribution in [3.63, 3.8) is 0 Å². The van der Waals surface area contributed by atoms with E-state index in [2.05, 4.69) is 15.9 Å². The number of rotatable bonds is 6. The molecule has 3 nitrogen and oxygen atoms in total. The van der Waals surface area contributed by atoms with Gasteiger partial charge in [-0.15, -0.1) is 0 Å². The highest BCUT2D eigenvalue weighted by Crippen LogP contribution is 2.22. The highest BCUT2D eigenvalue weighted by Gasteiger charge is 2.19. The minimum atomic E-state index is -1.03. The maximum atomic E-state index is 13.2. The molecule has 0 fully saturated rings. The summed E-state index contributed by atoms with van der Waals surface area (Å²) in [5.74, 6) is -1.27. The SMILES string of the molecule is CCCCC(Oc1ccc(Br)c(F)c1)C(=O)O. The predicted octanol–water partition coefficient (Wildman–Crippen LogP) is 3.61. The van der Waals surface area contributed by atoms with Crippen LogP contribution in [0.4, 0.5) is 4.39 Å². The van der Waals surface area contributed by atoms with Gasteiger partial charge in [0.15, 0.2) is 6.10 Å². The number of halogens is 2. The molecule has 5 heteroatoms. The molecule has 94 valence electrons. The minimum absolute atomic E-state index is 0.231. The molecular weight excluding hydrogens is 291 g/mol. The minimum Gasteiger partial charge on any atom is -0.479 e. The lowest BCUT2D eigenvalue weighted by Gasteiger charge is -2.14. The predicted molar refractivity (Wildman–Crippen MR) is 65.7 cm³/mol. The van der Waals surface area contributed by atoms with Gasteiger partial charge in [-0.3, -0.25) is 0 Å². The smallest absolute Gasteiger partial charge is 0.344 e. The highest BCUT2D eigenvalue weighted by molar-refractivity contribution is 9.10. The molecule has 0 amide bonds. The van der Waals surface area contributed by atoms with E-state index in [1.165, 1.54) is 18.2 Å². The molecule has 0 radical (unpaired) electrons. The lowest BCUT2D eigenvalue weighted by atomic mass is 10.1. The molecular formula is C12H14BrFO3. The molecule has 17 heavy (non-hydrogen) atoms. The van der Waals surface area contributed by atoms with E-state index in [0.717, 1.165) is 12.8 Å². The van der Waals surface area contributed by atoms with Gasteiger partial charge in [-0.05, 0) is 40.9 Å². The molecule has 0 aliphatic rings. The molecule has 0 spiro atoms. The van der Waals surface area contributed by atoms with Crippen LogP contribution in [0, 0.1) is 5.82 Å². The van der Waals surface area contributed by atoms with Crippen LogP contribution in [0.25, 0.3) is 0 Å². The van der Waals surface area contributed by atoms with E-state index in [4.69, 9.17) is 9.84 Å². The number of hydrogen-bond donors (Lipinski definition) is 1. The summed E-state index contributed by atoms with van der Waals surface area (Å²) in [5.41, 5.74) is 0. The first-order valence-electron chi connectivity index (χ1n) is 5.39. The molecule has 1 rings (SSSR count). The van der Waals surface area contributed by atoms with Crippen LogP contribution in [-0.4, -0.2) is 17.2 Å². The lowest BCUT2D eigenvalue weighted by Crippen LogP contribution is -2.26. The number of carboxylic acid groups (broad SMARTS) is 1. The zero-order valence-corrected chi connectivity index (χ0v) is 11.0. The van der Waals surface area contributed by atoms with Crippen LogP contribution in [0.1, 0.15) is 26.2 Å². The van der Waals surface area contributed by atoms with Crippen LogP contribution < -0.4 is 4.74 Å². The molecule has 0 aliphatic carbocycles. The van der Waals surface area contributed by atoms with Crippen LogP contribution in [0.3, 0.4) is 0 Å². The van der Waals surface area contributed by atoms with E-state index >= 15 is 0 Å². The van der Waals surface area contributed by atoms with Gasteiger partial charge in [-0.1, -0.05) is 13.3 Å². The molecule has 0 aliphatic heterocycles. The van der Waals surface area contributed by atoms with E-state index in [0.29, 0.717) is 10.9 Å². The first-order valence-corrected chi connectivity index (χ1v) is 6.18. The zero-order valence-electron chi connectivity index (χ0n) is 9.45. The Morgan fingerprint density at radius 1 is 1.59 bits per heavy atom. The van der Waals surface area contributed by atoms with E-state index in [9.17, 15) is 9.18 Å². The molecule has 1 unspecified atom stereocenters. The monoisotopic (exact) mass is 304 g/mol. The molecule has 1 aromatic rings. The highest BCUT2D eigenvalue weighted by atomic mass is 79.9. The third-order valence-electron chi connectivity index (χ3n) is 2.26. The number of carbonyl (C=O) groups is 1. The summed E-state index contributed by atoms with van der Waals surface area (Å²) in [6.07, 6.45) is 1.15. The van der Waals surface area contributed by atoms with Gasteiger partial charge >= 0.3 is 5.97 Å². The average molecular weight is 305 g/mol. The fraction of sp³-hybridized carbons (Fsp3) is 0.417. The fourth-order valence-electron chi connectivity index (χ4n) is 1.34. The summed E-state index contributed by atoms with van der Waals surface area (Å²) < 4.78 is 18.8. The molecule has 0 saturated carbocycles. The first kappa shape index (κ1) is 14.0. The van der Waals surface area contributed by atoms with Crippen LogP contribution in [0.5, 0.6) is 5.75 Å². The molecule has 0 saturated heterocycles. The topological polar surface area (TPSA) is 46.5 Å². The van der Waals surface area contributed by atoms with Crippen molar-refractivity contribution in [2.45, 2.75) is 32.3 Å². The molecule has 0 aromatic heterocycles. The van der Waals surface area contributed by atoms with E-state index in [1.54, 1.807) is 0 Å². The number of hydrogen-bond acceptors (Lipinski definition) is 2. The third-order valence-corrected chi connectivity index (χ3v) is 2.91. The molecule has 0 heterocycles. The maximum absolute atomic E-state index is 13.2. The van der Waals surface area contributed by atoms with Crippen molar-refractivity contribution in [2.75, 3.05) is 0 Å². The summed E-state index contributed by atoms with van der Waals surface area (Å²) in [7, 11) is 0.